The van der Waals surface area contributed by atoms with Crippen LogP contribution in [-0.4, -0.2) is 38.3 Å². The molecule has 6 aromatic rings. The number of phenolic OH excluding ortho intramolecular Hbond substituents is 1. The number of nitrogens with zero attached hydrogens (tertiary/aromatic N) is 7. The monoisotopic (exact) mass is 615 g/mol. The molecular weight excluding hydrogens is 598 g/mol. The second-order valence-corrected chi connectivity index (χ2v) is 10.9. The first kappa shape index (κ1) is 28.2. The fraction of sp³-hybridized carbons (Fsp3) is 0. The van der Waals surface area contributed by atoms with E-state index in [0.29, 0.717) is 38.5 Å². The number of fused-ring (bicyclic) bond motifs is 3. The van der Waals surface area contributed by atoms with Gasteiger partial charge in [-0.25, -0.2) is 10.2 Å². The van der Waals surface area contributed by atoms with E-state index in [0.717, 1.165) is 23.5 Å². The molecule has 0 aliphatic heterocycles. The van der Waals surface area contributed by atoms with E-state index in [-0.39, 0.29) is 16.6 Å². The summed E-state index contributed by atoms with van der Waals surface area (Å²) in [6, 6.07) is 19.5. The van der Waals surface area contributed by atoms with E-state index in [4.69, 9.17) is 5.26 Å². The molecule has 0 saturated heterocycles. The van der Waals surface area contributed by atoms with Crippen LogP contribution in [0.2, 0.25) is 0 Å². The van der Waals surface area contributed by atoms with E-state index in [1.807, 2.05) is 6.07 Å². The summed E-state index contributed by atoms with van der Waals surface area (Å²) in [5, 5.41) is 41.0. The summed E-state index contributed by atoms with van der Waals surface area (Å²) in [4.78, 5) is 13.1. The van der Waals surface area contributed by atoms with Crippen molar-refractivity contribution in [1.29, 1.82) is 0 Å². The molecular formula is C27H17N7O7S2. The summed E-state index contributed by atoms with van der Waals surface area (Å²) in [6.45, 7) is 0. The third-order valence-electron chi connectivity index (χ3n) is 6.14. The van der Waals surface area contributed by atoms with Gasteiger partial charge in [-0.3, -0.25) is 14.5 Å². The zero-order valence-corrected chi connectivity index (χ0v) is 23.1. The van der Waals surface area contributed by atoms with Crippen LogP contribution in [0.4, 0.5) is 22.9 Å². The molecule has 0 aliphatic rings. The van der Waals surface area contributed by atoms with Crippen molar-refractivity contribution in [1.82, 2.24) is 15.0 Å². The minimum atomic E-state index is -4.65. The number of hydrogen-bond donors (Lipinski definition) is 3. The Bertz CT molecular complexity index is 2200. The molecule has 0 spiro atoms. The Morgan fingerprint density at radius 1 is 0.767 bits per heavy atom. The Hall–Kier alpha value is -4.97. The second-order valence-electron chi connectivity index (χ2n) is 8.77. The lowest BCUT2D eigenvalue weighted by Gasteiger charge is -2.08. The molecule has 43 heavy (non-hydrogen) atoms. The first-order valence-electron chi connectivity index (χ1n) is 12.2. The summed E-state index contributed by atoms with van der Waals surface area (Å²) in [7, 11) is -4.65. The smallest absolute Gasteiger partial charge is 0.295 e. The van der Waals surface area contributed by atoms with Crippen molar-refractivity contribution in [2.45, 2.75) is 9.79 Å². The molecule has 0 fully saturated rings. The van der Waals surface area contributed by atoms with Crippen LogP contribution < -0.4 is 0 Å². The van der Waals surface area contributed by atoms with Crippen LogP contribution >= 0.6 is 12.0 Å². The fourth-order valence-electron chi connectivity index (χ4n) is 4.25. The molecule has 3 N–H and O–H groups in total. The Morgan fingerprint density at radius 3 is 2.28 bits per heavy atom. The standard InChI is InChI=1S/C27H17N7O7S2/c35-27-22(14-23(43(37,38)39)18-4-2-12-29-26(18)27)33-32-21-9-8-20(17-3-1-11-28-25(17)21)31-34-24-10-5-15-13-16(42-41-40-36)6-7-19(15)30-24/h1-14,35-36H,(H,37,38,39)/b33-32+,34-31+. The van der Waals surface area contributed by atoms with Crippen LogP contribution in [0.15, 0.2) is 115 Å². The summed E-state index contributed by atoms with van der Waals surface area (Å²) in [5.74, 6) is -0.0431. The average Bonchev–Trinajstić information content (AvgIpc) is 3.02. The van der Waals surface area contributed by atoms with Gasteiger partial charge >= 0.3 is 0 Å². The number of benzene rings is 3. The quantitative estimate of drug-likeness (QED) is 0.0501. The molecule has 3 aromatic carbocycles. The Kier molecular flexibility index (Phi) is 7.68. The molecule has 0 atom stereocenters. The number of azo groups is 2. The summed E-state index contributed by atoms with van der Waals surface area (Å²) < 4.78 is 38.2. The largest absolute Gasteiger partial charge is 0.504 e. The Balaban J connectivity index is 1.33. The van der Waals surface area contributed by atoms with Crippen molar-refractivity contribution in [2.75, 3.05) is 0 Å². The van der Waals surface area contributed by atoms with Gasteiger partial charge in [-0.1, -0.05) is 5.04 Å². The van der Waals surface area contributed by atoms with Crippen LogP contribution in [0, 0.1) is 0 Å². The van der Waals surface area contributed by atoms with E-state index < -0.39 is 20.8 Å². The highest BCUT2D eigenvalue weighted by Gasteiger charge is 2.20. The zero-order chi connectivity index (χ0) is 30.0. The number of phenols is 1. The predicted octanol–water partition coefficient (Wildman–Crippen LogP) is 7.54. The number of pyridine rings is 3. The lowest BCUT2D eigenvalue weighted by atomic mass is 10.1. The van der Waals surface area contributed by atoms with Gasteiger partial charge in [0, 0.05) is 33.4 Å². The van der Waals surface area contributed by atoms with Crippen LogP contribution in [0.3, 0.4) is 0 Å². The van der Waals surface area contributed by atoms with Gasteiger partial charge in [-0.05, 0) is 72.8 Å². The zero-order valence-electron chi connectivity index (χ0n) is 21.5. The third kappa shape index (κ3) is 5.86. The topological polar surface area (TPSA) is 201 Å². The van der Waals surface area contributed by atoms with Gasteiger partial charge in [0.25, 0.3) is 10.1 Å². The molecule has 3 aromatic heterocycles. The lowest BCUT2D eigenvalue weighted by Crippen LogP contribution is -1.99. The molecule has 3 heterocycles. The van der Waals surface area contributed by atoms with Crippen molar-refractivity contribution >= 4 is 77.7 Å². The maximum Gasteiger partial charge on any atom is 0.295 e. The van der Waals surface area contributed by atoms with Gasteiger partial charge in [0.2, 0.25) is 0 Å². The Morgan fingerprint density at radius 2 is 1.49 bits per heavy atom. The van der Waals surface area contributed by atoms with E-state index in [9.17, 15) is 18.1 Å². The van der Waals surface area contributed by atoms with Gasteiger partial charge in [-0.15, -0.1) is 24.8 Å². The second kappa shape index (κ2) is 11.7. The number of rotatable bonds is 8. The lowest BCUT2D eigenvalue weighted by molar-refractivity contribution is -0.432. The van der Waals surface area contributed by atoms with E-state index in [1.165, 1.54) is 18.3 Å². The Labute approximate surface area is 246 Å². The molecule has 0 amide bonds. The highest BCUT2D eigenvalue weighted by Crippen LogP contribution is 2.40. The molecule has 0 saturated carbocycles. The SMILES string of the molecule is O=S(=O)(O)c1cc(/N=N/c2ccc(/N=N/c3ccc4cc(SOOO)ccc4n3)c3cccnc23)c(O)c2ncccc12. The molecule has 214 valence electrons. The number of aromatic hydroxyl groups is 1. The van der Waals surface area contributed by atoms with Gasteiger partial charge in [0.05, 0.1) is 28.8 Å². The summed E-state index contributed by atoms with van der Waals surface area (Å²) >= 11 is 0.842. The predicted molar refractivity (Wildman–Crippen MR) is 156 cm³/mol. The van der Waals surface area contributed by atoms with Crippen molar-refractivity contribution in [3.8, 4) is 5.75 Å². The normalized spacial score (nSPS) is 12.3. The van der Waals surface area contributed by atoms with Gasteiger partial charge < -0.3 is 5.11 Å². The molecule has 0 unspecified atom stereocenters. The van der Waals surface area contributed by atoms with Crippen molar-refractivity contribution in [3.63, 3.8) is 0 Å². The van der Waals surface area contributed by atoms with Crippen molar-refractivity contribution in [3.05, 3.63) is 85.2 Å². The van der Waals surface area contributed by atoms with E-state index >= 15 is 0 Å². The summed E-state index contributed by atoms with van der Waals surface area (Å²) in [5.41, 5.74) is 1.59. The van der Waals surface area contributed by atoms with Crippen molar-refractivity contribution in [2.24, 2.45) is 20.5 Å². The molecule has 0 aliphatic carbocycles. The first-order chi connectivity index (χ1) is 20.8. The van der Waals surface area contributed by atoms with Crippen LogP contribution in [0.1, 0.15) is 0 Å². The molecule has 6 rings (SSSR count). The molecule has 16 heteroatoms. The fourth-order valence-corrected chi connectivity index (χ4v) is 5.36. The van der Waals surface area contributed by atoms with E-state index in [2.05, 4.69) is 44.8 Å². The highest BCUT2D eigenvalue weighted by atomic mass is 32.2. The van der Waals surface area contributed by atoms with Gasteiger partial charge in [-0.2, -0.15) is 8.42 Å². The maximum absolute atomic E-state index is 12.0. The van der Waals surface area contributed by atoms with Gasteiger partial charge in [0.15, 0.2) is 11.6 Å². The molecule has 0 radical (unpaired) electrons. The molecule has 14 nitrogen and oxygen atoms in total. The van der Waals surface area contributed by atoms with Crippen LogP contribution in [0.25, 0.3) is 32.7 Å². The number of aromatic nitrogens is 3. The van der Waals surface area contributed by atoms with Crippen LogP contribution in [-0.2, 0) is 19.5 Å². The van der Waals surface area contributed by atoms with Crippen molar-refractivity contribution < 1.29 is 32.7 Å². The average molecular weight is 616 g/mol. The van der Waals surface area contributed by atoms with Gasteiger partial charge in [0.1, 0.15) is 21.8 Å². The maximum atomic E-state index is 12.0. The van der Waals surface area contributed by atoms with Crippen LogP contribution in [0.5, 0.6) is 5.75 Å². The van der Waals surface area contributed by atoms with E-state index in [1.54, 1.807) is 54.7 Å². The highest BCUT2D eigenvalue weighted by molar-refractivity contribution is 7.94. The minimum absolute atomic E-state index is 0.0377. The third-order valence-corrected chi connectivity index (χ3v) is 7.61. The summed E-state index contributed by atoms with van der Waals surface area (Å²) in [6.07, 6.45) is 2.93. The first-order valence-corrected chi connectivity index (χ1v) is 14.3. The minimum Gasteiger partial charge on any atom is -0.504 e. The molecule has 0 bridgehead atoms. The number of hydrogen-bond acceptors (Lipinski definition) is 14.